The van der Waals surface area contributed by atoms with Gasteiger partial charge < -0.3 is 10.6 Å². The van der Waals surface area contributed by atoms with E-state index in [1.807, 2.05) is 36.4 Å². The first kappa shape index (κ1) is 16.5. The van der Waals surface area contributed by atoms with Crippen LogP contribution < -0.4 is 10.6 Å². The van der Waals surface area contributed by atoms with E-state index in [-0.39, 0.29) is 23.7 Å². The van der Waals surface area contributed by atoms with E-state index >= 15 is 0 Å². The molecule has 0 aliphatic heterocycles. The third-order valence-electron chi connectivity index (χ3n) is 4.29. The van der Waals surface area contributed by atoms with Crippen molar-refractivity contribution >= 4 is 23.4 Å². The lowest BCUT2D eigenvalue weighted by atomic mass is 10.1. The van der Waals surface area contributed by atoms with Crippen molar-refractivity contribution < 1.29 is 9.59 Å². The smallest absolute Gasteiger partial charge is 0.251 e. The number of carbonyl (C=O) groups is 2. The van der Waals surface area contributed by atoms with Gasteiger partial charge in [0.1, 0.15) is 0 Å². The molecule has 0 unspecified atom stereocenters. The number of benzene rings is 2. The maximum atomic E-state index is 12.3. The summed E-state index contributed by atoms with van der Waals surface area (Å²) in [5, 5.41) is 6.25. The molecule has 0 heterocycles. The lowest BCUT2D eigenvalue weighted by Crippen LogP contribution is -2.25. The topological polar surface area (TPSA) is 58.2 Å². The highest BCUT2D eigenvalue weighted by atomic mass is 35.5. The minimum absolute atomic E-state index is 0.00518. The van der Waals surface area contributed by atoms with Gasteiger partial charge in [-0.3, -0.25) is 9.59 Å². The summed E-state index contributed by atoms with van der Waals surface area (Å²) in [7, 11) is 1.60. The van der Waals surface area contributed by atoms with E-state index in [4.69, 9.17) is 11.6 Å². The van der Waals surface area contributed by atoms with Gasteiger partial charge in [-0.2, -0.15) is 0 Å². The molecule has 2 aromatic carbocycles. The normalized spacial score (nSPS) is 18.8. The molecule has 1 fully saturated rings. The van der Waals surface area contributed by atoms with Crippen molar-refractivity contribution in [2.24, 2.45) is 5.92 Å². The van der Waals surface area contributed by atoms with Crippen molar-refractivity contribution in [3.63, 3.8) is 0 Å². The lowest BCUT2D eigenvalue weighted by molar-refractivity contribution is -0.122. The summed E-state index contributed by atoms with van der Waals surface area (Å²) in [5.74, 6) is 0.170. The van der Waals surface area contributed by atoms with Crippen LogP contribution in [0.25, 0.3) is 0 Å². The molecule has 0 aromatic heterocycles. The van der Waals surface area contributed by atoms with Crippen molar-refractivity contribution in [2.45, 2.75) is 18.9 Å². The average Bonchev–Trinajstić information content (AvgIpc) is 3.40. The first-order valence-corrected chi connectivity index (χ1v) is 8.30. The molecule has 124 valence electrons. The van der Waals surface area contributed by atoms with E-state index in [1.54, 1.807) is 19.2 Å². The van der Waals surface area contributed by atoms with E-state index in [0.29, 0.717) is 17.1 Å². The van der Waals surface area contributed by atoms with Crippen molar-refractivity contribution in [1.82, 2.24) is 10.6 Å². The van der Waals surface area contributed by atoms with E-state index in [2.05, 4.69) is 10.6 Å². The summed E-state index contributed by atoms with van der Waals surface area (Å²) in [6.45, 7) is 0.419. The second-order valence-corrected chi connectivity index (χ2v) is 6.44. The van der Waals surface area contributed by atoms with Crippen LogP contribution in [0, 0.1) is 5.92 Å². The Morgan fingerprint density at radius 3 is 2.71 bits per heavy atom. The molecule has 1 aliphatic rings. The molecule has 0 bridgehead atoms. The van der Waals surface area contributed by atoms with Gasteiger partial charge in [-0.05, 0) is 47.7 Å². The number of hydrogen-bond acceptors (Lipinski definition) is 2. The fourth-order valence-corrected chi connectivity index (χ4v) is 3.08. The summed E-state index contributed by atoms with van der Waals surface area (Å²) in [6.07, 6.45) is 0.852. The Kier molecular flexibility index (Phi) is 4.86. The Morgan fingerprint density at radius 2 is 1.96 bits per heavy atom. The Balaban J connectivity index is 1.56. The number of halogens is 1. The Bertz CT molecular complexity index is 775. The van der Waals surface area contributed by atoms with Gasteiger partial charge in [0, 0.05) is 30.1 Å². The second-order valence-electron chi connectivity index (χ2n) is 6.00. The molecule has 0 spiro atoms. The van der Waals surface area contributed by atoms with Crippen LogP contribution in [0.15, 0.2) is 48.5 Å². The quantitative estimate of drug-likeness (QED) is 0.877. The van der Waals surface area contributed by atoms with Gasteiger partial charge in [-0.15, -0.1) is 0 Å². The highest BCUT2D eigenvalue weighted by Gasteiger charge is 2.43. The maximum absolute atomic E-state index is 12.3. The first-order valence-electron chi connectivity index (χ1n) is 7.92. The van der Waals surface area contributed by atoms with Crippen LogP contribution in [0.1, 0.15) is 33.8 Å². The largest absolute Gasteiger partial charge is 0.355 e. The van der Waals surface area contributed by atoms with E-state index in [1.165, 1.54) is 0 Å². The predicted molar refractivity (Wildman–Crippen MR) is 94.0 cm³/mol. The van der Waals surface area contributed by atoms with Gasteiger partial charge in [0.25, 0.3) is 5.91 Å². The SMILES string of the molecule is CNC(=O)c1cccc(CNC(=O)[C@H]2C[C@@H]2c2cccc(Cl)c2)c1. The number of carbonyl (C=O) groups excluding carboxylic acids is 2. The van der Waals surface area contributed by atoms with Crippen molar-refractivity contribution in [3.05, 3.63) is 70.2 Å². The maximum Gasteiger partial charge on any atom is 0.251 e. The minimum atomic E-state index is -0.133. The molecule has 1 saturated carbocycles. The Morgan fingerprint density at radius 1 is 1.17 bits per heavy atom. The lowest BCUT2D eigenvalue weighted by Gasteiger charge is -2.07. The van der Waals surface area contributed by atoms with Gasteiger partial charge in [0.15, 0.2) is 0 Å². The van der Waals surface area contributed by atoms with Crippen LogP contribution in [0.2, 0.25) is 5.02 Å². The summed E-state index contributed by atoms with van der Waals surface area (Å²) in [5.41, 5.74) is 2.61. The van der Waals surface area contributed by atoms with E-state index < -0.39 is 0 Å². The van der Waals surface area contributed by atoms with Crippen LogP contribution >= 0.6 is 11.6 Å². The molecule has 0 radical (unpaired) electrons. The summed E-state index contributed by atoms with van der Waals surface area (Å²) in [4.78, 5) is 23.9. The fraction of sp³-hybridized carbons (Fsp3) is 0.263. The molecule has 24 heavy (non-hydrogen) atoms. The van der Waals surface area contributed by atoms with Gasteiger partial charge >= 0.3 is 0 Å². The number of amides is 2. The zero-order chi connectivity index (χ0) is 17.1. The van der Waals surface area contributed by atoms with Crippen LogP contribution in [0.5, 0.6) is 0 Å². The van der Waals surface area contributed by atoms with Crippen LogP contribution in [0.3, 0.4) is 0 Å². The van der Waals surface area contributed by atoms with Crippen molar-refractivity contribution in [1.29, 1.82) is 0 Å². The second kappa shape index (κ2) is 7.05. The summed E-state index contributed by atoms with van der Waals surface area (Å²) < 4.78 is 0. The molecule has 2 aromatic rings. The van der Waals surface area contributed by atoms with Gasteiger partial charge in [-0.1, -0.05) is 35.9 Å². The van der Waals surface area contributed by atoms with Crippen molar-refractivity contribution in [3.8, 4) is 0 Å². The zero-order valence-electron chi connectivity index (χ0n) is 13.4. The van der Waals surface area contributed by atoms with Crippen LogP contribution in [-0.4, -0.2) is 18.9 Å². The molecule has 1 aliphatic carbocycles. The van der Waals surface area contributed by atoms with E-state index in [0.717, 1.165) is 17.5 Å². The monoisotopic (exact) mass is 342 g/mol. The third-order valence-corrected chi connectivity index (χ3v) is 4.52. The fourth-order valence-electron chi connectivity index (χ4n) is 2.88. The average molecular weight is 343 g/mol. The molecule has 3 rings (SSSR count). The summed E-state index contributed by atoms with van der Waals surface area (Å²) in [6, 6.07) is 14.9. The molecule has 5 heteroatoms. The van der Waals surface area contributed by atoms with Crippen LogP contribution in [0.4, 0.5) is 0 Å². The zero-order valence-corrected chi connectivity index (χ0v) is 14.1. The highest BCUT2D eigenvalue weighted by Crippen LogP contribution is 2.47. The molecule has 2 atom stereocenters. The molecular formula is C19H19ClN2O2. The molecule has 0 saturated heterocycles. The highest BCUT2D eigenvalue weighted by molar-refractivity contribution is 6.30. The Labute approximate surface area is 146 Å². The van der Waals surface area contributed by atoms with Gasteiger partial charge in [-0.25, -0.2) is 0 Å². The summed E-state index contributed by atoms with van der Waals surface area (Å²) >= 11 is 6.00. The first-order chi connectivity index (χ1) is 11.6. The number of hydrogen-bond donors (Lipinski definition) is 2. The Hall–Kier alpha value is -2.33. The minimum Gasteiger partial charge on any atom is -0.355 e. The predicted octanol–water partition coefficient (Wildman–Crippen LogP) is 3.12. The number of nitrogens with one attached hydrogen (secondary N) is 2. The van der Waals surface area contributed by atoms with Crippen LogP contribution in [-0.2, 0) is 11.3 Å². The third kappa shape index (κ3) is 3.77. The van der Waals surface area contributed by atoms with Gasteiger partial charge in [0.05, 0.1) is 0 Å². The van der Waals surface area contributed by atoms with Crippen molar-refractivity contribution in [2.75, 3.05) is 7.05 Å². The molecule has 2 amide bonds. The molecule has 2 N–H and O–H groups in total. The van der Waals surface area contributed by atoms with Gasteiger partial charge in [0.2, 0.25) is 5.91 Å². The molecular weight excluding hydrogens is 324 g/mol. The number of rotatable bonds is 5. The standard InChI is InChI=1S/C19H19ClN2O2/c1-21-18(23)14-6-2-4-12(8-14)11-22-19(24)17-10-16(17)13-5-3-7-15(20)9-13/h2-9,16-17H,10-11H2,1H3,(H,21,23)(H,22,24)/t16-,17+/m1/s1. The van der Waals surface area contributed by atoms with E-state index in [9.17, 15) is 9.59 Å². The molecule has 4 nitrogen and oxygen atoms in total.